The van der Waals surface area contributed by atoms with Gasteiger partial charge in [0.05, 0.1) is 0 Å². The molecule has 0 aliphatic carbocycles. The molecule has 1 aromatic rings. The Labute approximate surface area is 106 Å². The molecule has 2 heteroatoms. The summed E-state index contributed by atoms with van der Waals surface area (Å²) in [6.07, 6.45) is 0. The Morgan fingerprint density at radius 3 is 2.47 bits per heavy atom. The van der Waals surface area contributed by atoms with Crippen molar-refractivity contribution in [3.63, 3.8) is 0 Å². The molecule has 17 heavy (non-hydrogen) atoms. The van der Waals surface area contributed by atoms with Gasteiger partial charge < -0.3 is 11.1 Å². The van der Waals surface area contributed by atoms with Gasteiger partial charge in [-0.3, -0.25) is 0 Å². The first-order valence-electron chi connectivity index (χ1n) is 6.44. The summed E-state index contributed by atoms with van der Waals surface area (Å²) in [6.45, 7) is 11.7. The normalized spacial score (nSPS) is 12.1. The van der Waals surface area contributed by atoms with Gasteiger partial charge in [-0.05, 0) is 22.5 Å². The van der Waals surface area contributed by atoms with E-state index in [1.807, 2.05) is 0 Å². The first kappa shape index (κ1) is 14.2. The van der Waals surface area contributed by atoms with Crippen LogP contribution in [0.5, 0.6) is 0 Å². The minimum atomic E-state index is 0.339. The largest absolute Gasteiger partial charge is 0.326 e. The maximum atomic E-state index is 5.64. The molecule has 3 N–H and O–H groups in total. The summed E-state index contributed by atoms with van der Waals surface area (Å²) in [5.74, 6) is 0.686. The lowest BCUT2D eigenvalue weighted by molar-refractivity contribution is 0.238. The van der Waals surface area contributed by atoms with E-state index in [4.69, 9.17) is 5.73 Å². The third-order valence-corrected chi connectivity index (χ3v) is 3.70. The van der Waals surface area contributed by atoms with E-state index >= 15 is 0 Å². The van der Waals surface area contributed by atoms with Gasteiger partial charge in [-0.1, -0.05) is 52.0 Å². The highest BCUT2D eigenvalue weighted by molar-refractivity contribution is 5.23. The molecule has 0 spiro atoms. The highest BCUT2D eigenvalue weighted by Gasteiger charge is 2.21. The van der Waals surface area contributed by atoms with Gasteiger partial charge in [-0.2, -0.15) is 0 Å². The molecule has 0 saturated heterocycles. The highest BCUT2D eigenvalue weighted by atomic mass is 14.9. The van der Waals surface area contributed by atoms with Gasteiger partial charge in [0, 0.05) is 19.6 Å². The minimum Gasteiger partial charge on any atom is -0.326 e. The Morgan fingerprint density at radius 2 is 1.88 bits per heavy atom. The Balaban J connectivity index is 2.45. The minimum absolute atomic E-state index is 0.339. The van der Waals surface area contributed by atoms with Gasteiger partial charge in [-0.25, -0.2) is 0 Å². The summed E-state index contributed by atoms with van der Waals surface area (Å²) < 4.78 is 0. The number of benzene rings is 1. The number of nitrogens with two attached hydrogens (primary N) is 1. The van der Waals surface area contributed by atoms with Crippen molar-refractivity contribution in [2.45, 2.75) is 40.8 Å². The molecular formula is C15H26N2. The van der Waals surface area contributed by atoms with E-state index in [0.29, 0.717) is 17.9 Å². The van der Waals surface area contributed by atoms with Crippen molar-refractivity contribution in [3.8, 4) is 0 Å². The standard InChI is InChI=1S/C15H26N2/c1-12(2)15(3,4)11-17-10-14-7-5-6-13(8-14)9-16/h5-8,12,17H,9-11,16H2,1-4H3. The van der Waals surface area contributed by atoms with E-state index in [1.165, 1.54) is 11.1 Å². The fraction of sp³-hybridized carbons (Fsp3) is 0.600. The average molecular weight is 234 g/mol. The Hall–Kier alpha value is -0.860. The van der Waals surface area contributed by atoms with E-state index in [-0.39, 0.29) is 0 Å². The maximum Gasteiger partial charge on any atom is 0.0205 e. The summed E-state index contributed by atoms with van der Waals surface area (Å²) in [6, 6.07) is 8.47. The fourth-order valence-electron chi connectivity index (χ4n) is 1.60. The van der Waals surface area contributed by atoms with Crippen molar-refractivity contribution in [3.05, 3.63) is 35.4 Å². The second kappa shape index (κ2) is 6.18. The van der Waals surface area contributed by atoms with Crippen LogP contribution in [-0.2, 0) is 13.1 Å². The molecule has 0 heterocycles. The van der Waals surface area contributed by atoms with Gasteiger partial charge in [0.1, 0.15) is 0 Å². The second-order valence-electron chi connectivity index (χ2n) is 5.77. The van der Waals surface area contributed by atoms with E-state index < -0.39 is 0 Å². The van der Waals surface area contributed by atoms with Gasteiger partial charge in [0.15, 0.2) is 0 Å². The zero-order valence-electron chi connectivity index (χ0n) is 11.6. The van der Waals surface area contributed by atoms with Crippen molar-refractivity contribution in [1.82, 2.24) is 5.32 Å². The molecule has 1 aromatic carbocycles. The maximum absolute atomic E-state index is 5.64. The summed E-state index contributed by atoms with van der Waals surface area (Å²) in [5.41, 5.74) is 8.49. The van der Waals surface area contributed by atoms with Crippen LogP contribution in [0.15, 0.2) is 24.3 Å². The van der Waals surface area contributed by atoms with E-state index in [1.54, 1.807) is 0 Å². The van der Waals surface area contributed by atoms with Crippen molar-refractivity contribution in [2.24, 2.45) is 17.1 Å². The lowest BCUT2D eigenvalue weighted by Gasteiger charge is -2.29. The molecule has 96 valence electrons. The fourth-order valence-corrected chi connectivity index (χ4v) is 1.60. The Kier molecular flexibility index (Phi) is 5.16. The molecule has 0 aliphatic rings. The van der Waals surface area contributed by atoms with Crippen LogP contribution in [0.25, 0.3) is 0 Å². The van der Waals surface area contributed by atoms with Crippen molar-refractivity contribution in [2.75, 3.05) is 6.54 Å². The summed E-state index contributed by atoms with van der Waals surface area (Å²) >= 11 is 0. The van der Waals surface area contributed by atoms with Crippen molar-refractivity contribution < 1.29 is 0 Å². The summed E-state index contributed by atoms with van der Waals surface area (Å²) in [7, 11) is 0. The van der Waals surface area contributed by atoms with Crippen LogP contribution >= 0.6 is 0 Å². The third-order valence-electron chi connectivity index (χ3n) is 3.70. The van der Waals surface area contributed by atoms with E-state index in [0.717, 1.165) is 13.1 Å². The van der Waals surface area contributed by atoms with E-state index in [2.05, 4.69) is 57.3 Å². The molecule has 0 aromatic heterocycles. The van der Waals surface area contributed by atoms with Crippen molar-refractivity contribution >= 4 is 0 Å². The van der Waals surface area contributed by atoms with Gasteiger partial charge >= 0.3 is 0 Å². The molecule has 0 radical (unpaired) electrons. The highest BCUT2D eigenvalue weighted by Crippen LogP contribution is 2.24. The number of hydrogen-bond donors (Lipinski definition) is 2. The second-order valence-corrected chi connectivity index (χ2v) is 5.77. The van der Waals surface area contributed by atoms with Crippen LogP contribution in [0.4, 0.5) is 0 Å². The molecule has 0 saturated carbocycles. The van der Waals surface area contributed by atoms with Crippen LogP contribution in [0.3, 0.4) is 0 Å². The molecule has 0 fully saturated rings. The molecule has 0 unspecified atom stereocenters. The molecule has 1 rings (SSSR count). The molecule has 0 atom stereocenters. The lowest BCUT2D eigenvalue weighted by Crippen LogP contribution is -2.33. The van der Waals surface area contributed by atoms with Crippen LogP contribution in [-0.4, -0.2) is 6.54 Å². The predicted molar refractivity (Wildman–Crippen MR) is 74.7 cm³/mol. The zero-order valence-corrected chi connectivity index (χ0v) is 11.6. The SMILES string of the molecule is CC(C)C(C)(C)CNCc1cccc(CN)c1. The summed E-state index contributed by atoms with van der Waals surface area (Å²) in [4.78, 5) is 0. The molecule has 0 amide bonds. The average Bonchev–Trinajstić information content (AvgIpc) is 2.29. The first-order chi connectivity index (χ1) is 7.95. The quantitative estimate of drug-likeness (QED) is 0.794. The van der Waals surface area contributed by atoms with Gasteiger partial charge in [0.2, 0.25) is 0 Å². The molecule has 2 nitrogen and oxygen atoms in total. The van der Waals surface area contributed by atoms with E-state index in [9.17, 15) is 0 Å². The van der Waals surface area contributed by atoms with Gasteiger partial charge in [0.25, 0.3) is 0 Å². The monoisotopic (exact) mass is 234 g/mol. The Morgan fingerprint density at radius 1 is 1.24 bits per heavy atom. The van der Waals surface area contributed by atoms with Crippen molar-refractivity contribution in [1.29, 1.82) is 0 Å². The molecule has 0 aliphatic heterocycles. The number of rotatable bonds is 6. The van der Waals surface area contributed by atoms with Crippen LogP contribution in [0.1, 0.15) is 38.8 Å². The van der Waals surface area contributed by atoms with Crippen LogP contribution in [0.2, 0.25) is 0 Å². The number of hydrogen-bond acceptors (Lipinski definition) is 2. The zero-order chi connectivity index (χ0) is 12.9. The number of nitrogens with one attached hydrogen (secondary N) is 1. The first-order valence-corrected chi connectivity index (χ1v) is 6.44. The lowest BCUT2D eigenvalue weighted by atomic mass is 9.81. The molecular weight excluding hydrogens is 208 g/mol. The third kappa shape index (κ3) is 4.49. The molecule has 0 bridgehead atoms. The Bertz CT molecular complexity index is 343. The van der Waals surface area contributed by atoms with Crippen LogP contribution in [0, 0.1) is 11.3 Å². The smallest absolute Gasteiger partial charge is 0.0205 e. The van der Waals surface area contributed by atoms with Gasteiger partial charge in [-0.15, -0.1) is 0 Å². The summed E-state index contributed by atoms with van der Waals surface area (Å²) in [5, 5.41) is 3.53. The topological polar surface area (TPSA) is 38.0 Å². The van der Waals surface area contributed by atoms with Crippen LogP contribution < -0.4 is 11.1 Å². The predicted octanol–water partition coefficient (Wildman–Crippen LogP) is 2.92.